The van der Waals surface area contributed by atoms with Crippen LogP contribution in [0.4, 0.5) is 0 Å². The van der Waals surface area contributed by atoms with Crippen molar-refractivity contribution in [2.75, 3.05) is 0 Å². The van der Waals surface area contributed by atoms with Gasteiger partial charge in [0.1, 0.15) is 11.8 Å². The average Bonchev–Trinajstić information content (AvgIpc) is 2.86. The maximum atomic E-state index is 11.1. The number of carbonyl (C=O) groups is 1. The summed E-state index contributed by atoms with van der Waals surface area (Å²) in [5.74, 6) is 0.768. The smallest absolute Gasteiger partial charge is 0.247 e. The van der Waals surface area contributed by atoms with Gasteiger partial charge in [-0.2, -0.15) is 0 Å². The molecular weight excluding hydrogens is 246 g/mol. The number of benzene rings is 1. The summed E-state index contributed by atoms with van der Waals surface area (Å²) in [7, 11) is 0. The topological polar surface area (TPSA) is 88.2 Å². The van der Waals surface area contributed by atoms with Crippen LogP contribution in [0.5, 0.6) is 5.75 Å². The number of rotatable bonds is 4. The Kier molecular flexibility index (Phi) is 3.79. The molecule has 6 nitrogen and oxygen atoms in total. The van der Waals surface area contributed by atoms with Crippen molar-refractivity contribution >= 4 is 5.91 Å². The molecule has 1 atom stereocenters. The lowest BCUT2D eigenvalue weighted by Gasteiger charge is -2.10. The quantitative estimate of drug-likeness (QED) is 0.879. The third-order valence-electron chi connectivity index (χ3n) is 2.64. The SMILES string of the molecule is CCC(NC(C)=O)c1nnc(-c2ccc(O)cc2)o1. The summed E-state index contributed by atoms with van der Waals surface area (Å²) < 4.78 is 5.54. The molecule has 0 aliphatic heterocycles. The highest BCUT2D eigenvalue weighted by Crippen LogP contribution is 2.23. The molecule has 0 aliphatic carbocycles. The van der Waals surface area contributed by atoms with E-state index in [1.54, 1.807) is 24.3 Å². The number of hydrogen-bond donors (Lipinski definition) is 2. The average molecular weight is 261 g/mol. The molecule has 1 aromatic carbocycles. The van der Waals surface area contributed by atoms with Crippen LogP contribution in [0.2, 0.25) is 0 Å². The minimum Gasteiger partial charge on any atom is -0.508 e. The molecule has 0 fully saturated rings. The van der Waals surface area contributed by atoms with Gasteiger partial charge in [0.2, 0.25) is 17.7 Å². The van der Waals surface area contributed by atoms with E-state index in [1.165, 1.54) is 6.92 Å². The van der Waals surface area contributed by atoms with Crippen molar-refractivity contribution in [3.8, 4) is 17.2 Å². The summed E-state index contributed by atoms with van der Waals surface area (Å²) in [6, 6.07) is 6.18. The lowest BCUT2D eigenvalue weighted by Crippen LogP contribution is -2.25. The monoisotopic (exact) mass is 261 g/mol. The molecule has 0 saturated heterocycles. The number of hydrogen-bond acceptors (Lipinski definition) is 5. The molecular formula is C13H15N3O3. The zero-order valence-corrected chi connectivity index (χ0v) is 10.8. The predicted octanol–water partition coefficient (Wildman–Crippen LogP) is 2.03. The lowest BCUT2D eigenvalue weighted by molar-refractivity contribution is -0.119. The van der Waals surface area contributed by atoms with Gasteiger partial charge < -0.3 is 14.8 Å². The van der Waals surface area contributed by atoms with Gasteiger partial charge in [0.05, 0.1) is 0 Å². The zero-order chi connectivity index (χ0) is 13.8. The molecule has 19 heavy (non-hydrogen) atoms. The Bertz CT molecular complexity index is 563. The van der Waals surface area contributed by atoms with Gasteiger partial charge in [-0.1, -0.05) is 6.92 Å². The Morgan fingerprint density at radius 2 is 2.05 bits per heavy atom. The van der Waals surface area contributed by atoms with Gasteiger partial charge in [-0.05, 0) is 30.7 Å². The highest BCUT2D eigenvalue weighted by Gasteiger charge is 2.18. The second-order valence-corrected chi connectivity index (χ2v) is 4.15. The number of phenolic OH excluding ortho intramolecular Hbond substituents is 1. The highest BCUT2D eigenvalue weighted by molar-refractivity contribution is 5.73. The number of amides is 1. The number of carbonyl (C=O) groups excluding carboxylic acids is 1. The van der Waals surface area contributed by atoms with E-state index in [9.17, 15) is 9.90 Å². The molecule has 0 spiro atoms. The van der Waals surface area contributed by atoms with Crippen LogP contribution in [-0.2, 0) is 4.79 Å². The molecule has 0 aliphatic rings. The Morgan fingerprint density at radius 1 is 1.37 bits per heavy atom. The van der Waals surface area contributed by atoms with Crippen LogP contribution in [0.15, 0.2) is 28.7 Å². The fourth-order valence-corrected chi connectivity index (χ4v) is 1.68. The van der Waals surface area contributed by atoms with Gasteiger partial charge in [-0.25, -0.2) is 0 Å². The van der Waals surface area contributed by atoms with Crippen LogP contribution in [0.25, 0.3) is 11.5 Å². The number of nitrogens with zero attached hydrogens (tertiary/aromatic N) is 2. The van der Waals surface area contributed by atoms with Crippen LogP contribution in [0.3, 0.4) is 0 Å². The first-order valence-electron chi connectivity index (χ1n) is 6.00. The molecule has 1 amide bonds. The summed E-state index contributed by atoms with van der Waals surface area (Å²) in [4.78, 5) is 11.1. The molecule has 1 heterocycles. The second-order valence-electron chi connectivity index (χ2n) is 4.15. The van der Waals surface area contributed by atoms with Gasteiger partial charge in [0.25, 0.3) is 0 Å². The van der Waals surface area contributed by atoms with Gasteiger partial charge in [-0.15, -0.1) is 10.2 Å². The van der Waals surface area contributed by atoms with Crippen LogP contribution in [0, 0.1) is 0 Å². The zero-order valence-electron chi connectivity index (χ0n) is 10.8. The standard InChI is InChI=1S/C13H15N3O3/c1-3-11(14-8(2)17)13-16-15-12(19-13)9-4-6-10(18)7-5-9/h4-7,11,18H,3H2,1-2H3,(H,14,17). The Hall–Kier alpha value is -2.37. The van der Waals surface area contributed by atoms with E-state index in [-0.39, 0.29) is 17.7 Å². The summed E-state index contributed by atoms with van der Waals surface area (Å²) in [6.07, 6.45) is 0.663. The van der Waals surface area contributed by atoms with Gasteiger partial charge in [0.15, 0.2) is 0 Å². The van der Waals surface area contributed by atoms with Crippen LogP contribution >= 0.6 is 0 Å². The molecule has 0 radical (unpaired) electrons. The molecule has 0 bridgehead atoms. The number of phenols is 1. The first kappa shape index (κ1) is 13.1. The largest absolute Gasteiger partial charge is 0.508 e. The maximum Gasteiger partial charge on any atom is 0.247 e. The fourth-order valence-electron chi connectivity index (χ4n) is 1.68. The van der Waals surface area contributed by atoms with E-state index in [2.05, 4.69) is 15.5 Å². The summed E-state index contributed by atoms with van der Waals surface area (Å²) in [5, 5.41) is 19.9. The lowest BCUT2D eigenvalue weighted by atomic mass is 10.2. The van der Waals surface area contributed by atoms with E-state index in [0.29, 0.717) is 23.8 Å². The Labute approximate surface area is 110 Å². The molecule has 1 aromatic heterocycles. The van der Waals surface area contributed by atoms with E-state index < -0.39 is 0 Å². The van der Waals surface area contributed by atoms with Crippen molar-refractivity contribution < 1.29 is 14.3 Å². The summed E-state index contributed by atoms with van der Waals surface area (Å²) in [5.41, 5.74) is 0.717. The normalized spacial score (nSPS) is 12.1. The van der Waals surface area contributed by atoms with Gasteiger partial charge in [-0.3, -0.25) is 4.79 Å². The summed E-state index contributed by atoms with van der Waals surface area (Å²) >= 11 is 0. The van der Waals surface area contributed by atoms with Crippen LogP contribution in [-0.4, -0.2) is 21.2 Å². The number of aromatic nitrogens is 2. The number of aromatic hydroxyl groups is 1. The van der Waals surface area contributed by atoms with Crippen molar-refractivity contribution in [1.29, 1.82) is 0 Å². The summed E-state index contributed by atoms with van der Waals surface area (Å²) in [6.45, 7) is 3.37. The van der Waals surface area contributed by atoms with Crippen molar-refractivity contribution in [1.82, 2.24) is 15.5 Å². The molecule has 0 saturated carbocycles. The first-order chi connectivity index (χ1) is 9.10. The maximum absolute atomic E-state index is 11.1. The number of nitrogens with one attached hydrogen (secondary N) is 1. The minimum atomic E-state index is -0.282. The van der Waals surface area contributed by atoms with E-state index in [1.807, 2.05) is 6.92 Å². The van der Waals surface area contributed by atoms with Gasteiger partial charge >= 0.3 is 0 Å². The van der Waals surface area contributed by atoms with Crippen molar-refractivity contribution in [2.24, 2.45) is 0 Å². The van der Waals surface area contributed by atoms with Crippen LogP contribution in [0.1, 0.15) is 32.2 Å². The first-order valence-corrected chi connectivity index (χ1v) is 6.00. The second kappa shape index (κ2) is 5.51. The Balaban J connectivity index is 2.22. The minimum absolute atomic E-state index is 0.142. The Morgan fingerprint density at radius 3 is 2.63 bits per heavy atom. The van der Waals surface area contributed by atoms with Gasteiger partial charge in [0, 0.05) is 12.5 Å². The third kappa shape index (κ3) is 3.09. The van der Waals surface area contributed by atoms with E-state index >= 15 is 0 Å². The van der Waals surface area contributed by atoms with Crippen molar-refractivity contribution in [2.45, 2.75) is 26.3 Å². The molecule has 2 N–H and O–H groups in total. The molecule has 1 unspecified atom stereocenters. The van der Waals surface area contributed by atoms with Crippen LogP contribution < -0.4 is 5.32 Å². The fraction of sp³-hybridized carbons (Fsp3) is 0.308. The van der Waals surface area contributed by atoms with E-state index in [4.69, 9.17) is 4.42 Å². The highest BCUT2D eigenvalue weighted by atomic mass is 16.4. The van der Waals surface area contributed by atoms with E-state index in [0.717, 1.165) is 0 Å². The molecule has 2 aromatic rings. The van der Waals surface area contributed by atoms with Crippen molar-refractivity contribution in [3.63, 3.8) is 0 Å². The molecule has 100 valence electrons. The molecule has 6 heteroatoms. The third-order valence-corrected chi connectivity index (χ3v) is 2.64. The molecule has 2 rings (SSSR count). The predicted molar refractivity (Wildman–Crippen MR) is 68.2 cm³/mol. The van der Waals surface area contributed by atoms with Crippen molar-refractivity contribution in [3.05, 3.63) is 30.2 Å².